The molecule has 4 rings (SSSR count). The van der Waals surface area contributed by atoms with E-state index in [9.17, 15) is 9.59 Å². The molecule has 6 nitrogen and oxygen atoms in total. The van der Waals surface area contributed by atoms with Gasteiger partial charge in [0.15, 0.2) is 0 Å². The molecule has 31 heavy (non-hydrogen) atoms. The largest absolute Gasteiger partial charge is 0.457 e. The minimum atomic E-state index is -0.0326. The van der Waals surface area contributed by atoms with Gasteiger partial charge in [-0.2, -0.15) is 11.3 Å². The first kappa shape index (κ1) is 21.1. The second kappa shape index (κ2) is 10.2. The lowest BCUT2D eigenvalue weighted by atomic mass is 10.1. The van der Waals surface area contributed by atoms with Gasteiger partial charge >= 0.3 is 0 Å². The molecule has 0 saturated carbocycles. The Kier molecular flexibility index (Phi) is 6.96. The van der Waals surface area contributed by atoms with Gasteiger partial charge in [0.1, 0.15) is 11.5 Å². The lowest BCUT2D eigenvalue weighted by molar-refractivity contribution is 0.0638. The number of amides is 2. The number of hydrogen-bond donors (Lipinski definition) is 1. The average Bonchev–Trinajstić information content (AvgIpc) is 3.35. The van der Waals surface area contributed by atoms with E-state index in [1.54, 1.807) is 0 Å². The maximum absolute atomic E-state index is 12.8. The molecule has 1 N–H and O–H groups in total. The Morgan fingerprint density at radius 2 is 1.58 bits per heavy atom. The van der Waals surface area contributed by atoms with Gasteiger partial charge < -0.3 is 15.0 Å². The van der Waals surface area contributed by atoms with Gasteiger partial charge in [-0.3, -0.25) is 14.5 Å². The van der Waals surface area contributed by atoms with Crippen molar-refractivity contribution >= 4 is 23.2 Å². The van der Waals surface area contributed by atoms with E-state index in [1.807, 2.05) is 76.3 Å². The van der Waals surface area contributed by atoms with Crippen LogP contribution in [0.4, 0.5) is 0 Å². The molecule has 2 aromatic carbocycles. The van der Waals surface area contributed by atoms with E-state index in [4.69, 9.17) is 4.74 Å². The molecule has 2 heterocycles. The van der Waals surface area contributed by atoms with Gasteiger partial charge in [0.2, 0.25) is 0 Å². The fourth-order valence-electron chi connectivity index (χ4n) is 3.47. The van der Waals surface area contributed by atoms with E-state index in [0.29, 0.717) is 36.5 Å². The molecule has 0 bridgehead atoms. The van der Waals surface area contributed by atoms with Crippen LogP contribution in [0.5, 0.6) is 11.5 Å². The number of para-hydroxylation sites is 1. The number of benzene rings is 2. The fourth-order valence-corrected chi connectivity index (χ4v) is 4.11. The molecular formula is C24H25N3O3S. The molecule has 3 aromatic rings. The van der Waals surface area contributed by atoms with Crippen molar-refractivity contribution in [2.75, 3.05) is 39.3 Å². The predicted molar refractivity (Wildman–Crippen MR) is 122 cm³/mol. The van der Waals surface area contributed by atoms with E-state index in [2.05, 4.69) is 10.2 Å². The summed E-state index contributed by atoms with van der Waals surface area (Å²) >= 11 is 1.52. The van der Waals surface area contributed by atoms with Crippen LogP contribution in [0, 0.1) is 0 Å². The minimum Gasteiger partial charge on any atom is -0.457 e. The number of rotatable bonds is 7. The molecule has 1 aliphatic heterocycles. The zero-order valence-electron chi connectivity index (χ0n) is 17.2. The molecule has 1 fully saturated rings. The van der Waals surface area contributed by atoms with Crippen molar-refractivity contribution < 1.29 is 14.3 Å². The second-order valence-electron chi connectivity index (χ2n) is 7.34. The zero-order chi connectivity index (χ0) is 21.5. The van der Waals surface area contributed by atoms with Crippen molar-refractivity contribution in [3.8, 4) is 11.5 Å². The monoisotopic (exact) mass is 435 g/mol. The Bertz CT molecular complexity index is 983. The summed E-state index contributed by atoms with van der Waals surface area (Å²) in [7, 11) is 0. The van der Waals surface area contributed by atoms with Crippen LogP contribution in [0.25, 0.3) is 0 Å². The van der Waals surface area contributed by atoms with Crippen molar-refractivity contribution in [1.29, 1.82) is 0 Å². The summed E-state index contributed by atoms with van der Waals surface area (Å²) in [5.41, 5.74) is 1.37. The summed E-state index contributed by atoms with van der Waals surface area (Å²) in [4.78, 5) is 29.0. The minimum absolute atomic E-state index is 0.0326. The van der Waals surface area contributed by atoms with Crippen LogP contribution in [0.1, 0.15) is 20.7 Å². The number of ether oxygens (including phenoxy) is 1. The highest BCUT2D eigenvalue weighted by molar-refractivity contribution is 7.08. The van der Waals surface area contributed by atoms with Crippen molar-refractivity contribution in [3.63, 3.8) is 0 Å². The summed E-state index contributed by atoms with van der Waals surface area (Å²) in [5, 5.41) is 6.69. The lowest BCUT2D eigenvalue weighted by Gasteiger charge is -2.34. The molecule has 0 spiro atoms. The summed E-state index contributed by atoms with van der Waals surface area (Å²) in [6.45, 7) is 4.35. The summed E-state index contributed by atoms with van der Waals surface area (Å²) in [6, 6.07) is 18.7. The Balaban J connectivity index is 1.21. The topological polar surface area (TPSA) is 61.9 Å². The first-order valence-electron chi connectivity index (χ1n) is 10.3. The molecule has 0 aliphatic carbocycles. The number of thiophene rings is 1. The molecule has 7 heteroatoms. The number of carbonyl (C=O) groups excluding carboxylic acids is 2. The third-order valence-electron chi connectivity index (χ3n) is 5.24. The Morgan fingerprint density at radius 1 is 0.871 bits per heavy atom. The smallest absolute Gasteiger partial charge is 0.253 e. The van der Waals surface area contributed by atoms with Gasteiger partial charge in [0.05, 0.1) is 0 Å². The molecular weight excluding hydrogens is 410 g/mol. The van der Waals surface area contributed by atoms with Crippen molar-refractivity contribution in [1.82, 2.24) is 15.1 Å². The first-order chi connectivity index (χ1) is 15.2. The quantitative estimate of drug-likeness (QED) is 0.614. The fraction of sp³-hybridized carbons (Fsp3) is 0.250. The number of nitrogens with one attached hydrogen (secondary N) is 1. The van der Waals surface area contributed by atoms with E-state index in [0.717, 1.165) is 25.4 Å². The van der Waals surface area contributed by atoms with Crippen LogP contribution >= 0.6 is 11.3 Å². The van der Waals surface area contributed by atoms with Gasteiger partial charge in [-0.1, -0.05) is 18.2 Å². The Hall–Kier alpha value is -3.16. The zero-order valence-corrected chi connectivity index (χ0v) is 18.0. The highest BCUT2D eigenvalue weighted by atomic mass is 32.1. The van der Waals surface area contributed by atoms with Gasteiger partial charge in [-0.25, -0.2) is 0 Å². The van der Waals surface area contributed by atoms with Crippen LogP contribution in [-0.4, -0.2) is 60.9 Å². The standard InChI is InChI=1S/C24H25N3O3S/c28-23(20-10-17-31-18-20)25-11-12-26-13-15-27(16-14-26)24(29)19-6-8-22(9-7-19)30-21-4-2-1-3-5-21/h1-10,17-18H,11-16H2,(H,25,28). The second-order valence-corrected chi connectivity index (χ2v) is 8.12. The van der Waals surface area contributed by atoms with Crippen LogP contribution < -0.4 is 10.1 Å². The lowest BCUT2D eigenvalue weighted by Crippen LogP contribution is -2.50. The maximum Gasteiger partial charge on any atom is 0.253 e. The number of hydrogen-bond acceptors (Lipinski definition) is 5. The third-order valence-corrected chi connectivity index (χ3v) is 5.92. The third kappa shape index (κ3) is 5.71. The van der Waals surface area contributed by atoms with Gasteiger partial charge in [-0.05, 0) is 47.8 Å². The average molecular weight is 436 g/mol. The highest BCUT2D eigenvalue weighted by Crippen LogP contribution is 2.21. The van der Waals surface area contributed by atoms with Gasteiger partial charge in [0.25, 0.3) is 11.8 Å². The van der Waals surface area contributed by atoms with Crippen LogP contribution in [-0.2, 0) is 0 Å². The molecule has 0 radical (unpaired) electrons. The molecule has 160 valence electrons. The van der Waals surface area contributed by atoms with Crippen molar-refractivity contribution in [2.45, 2.75) is 0 Å². The maximum atomic E-state index is 12.8. The first-order valence-corrected chi connectivity index (χ1v) is 11.3. The summed E-state index contributed by atoms with van der Waals surface area (Å²) < 4.78 is 5.79. The number of piperazine rings is 1. The number of carbonyl (C=O) groups is 2. The van der Waals surface area contributed by atoms with Crippen LogP contribution in [0.15, 0.2) is 71.4 Å². The van der Waals surface area contributed by atoms with E-state index in [-0.39, 0.29) is 11.8 Å². The predicted octanol–water partition coefficient (Wildman–Crippen LogP) is 3.73. The molecule has 1 aromatic heterocycles. The van der Waals surface area contributed by atoms with Gasteiger partial charge in [-0.15, -0.1) is 0 Å². The molecule has 0 unspecified atom stereocenters. The Labute approximate surface area is 186 Å². The molecule has 2 amide bonds. The Morgan fingerprint density at radius 3 is 2.26 bits per heavy atom. The van der Waals surface area contributed by atoms with Crippen molar-refractivity contribution in [3.05, 3.63) is 82.6 Å². The van der Waals surface area contributed by atoms with Gasteiger partial charge in [0, 0.05) is 55.8 Å². The van der Waals surface area contributed by atoms with Crippen LogP contribution in [0.3, 0.4) is 0 Å². The highest BCUT2D eigenvalue weighted by Gasteiger charge is 2.22. The van der Waals surface area contributed by atoms with E-state index < -0.39 is 0 Å². The molecule has 1 saturated heterocycles. The van der Waals surface area contributed by atoms with E-state index in [1.165, 1.54) is 11.3 Å². The number of nitrogens with zero attached hydrogens (tertiary/aromatic N) is 2. The summed E-state index contributed by atoms with van der Waals surface area (Å²) in [6.07, 6.45) is 0. The summed E-state index contributed by atoms with van der Waals surface area (Å²) in [5.74, 6) is 1.48. The normalized spacial score (nSPS) is 14.3. The molecule has 0 atom stereocenters. The molecule has 1 aliphatic rings. The van der Waals surface area contributed by atoms with Crippen LogP contribution in [0.2, 0.25) is 0 Å². The van der Waals surface area contributed by atoms with E-state index >= 15 is 0 Å². The SMILES string of the molecule is O=C(NCCN1CCN(C(=O)c2ccc(Oc3ccccc3)cc2)CC1)c1ccsc1. The van der Waals surface area contributed by atoms with Crippen molar-refractivity contribution in [2.24, 2.45) is 0 Å².